The number of nitrogens with one attached hydrogen (secondary N) is 1. The topological polar surface area (TPSA) is 69.0 Å². The lowest BCUT2D eigenvalue weighted by atomic mass is 9.89. The molecule has 0 aliphatic heterocycles. The second kappa shape index (κ2) is 7.31. The molecule has 0 saturated heterocycles. The maximum atomic E-state index is 13.3. The van der Waals surface area contributed by atoms with Crippen LogP contribution in [-0.4, -0.2) is 33.8 Å². The lowest BCUT2D eigenvalue weighted by Gasteiger charge is -2.36. The molecule has 1 aromatic carbocycles. The monoisotopic (exact) mass is 424 g/mol. The molecule has 1 aliphatic rings. The van der Waals surface area contributed by atoms with Crippen LogP contribution in [0.25, 0.3) is 16.7 Å². The SMILES string of the molecule is CO[C@@H]1CC[C@H]1Nc1nc(=O)n(-c2ccccc2Cl)c2nc(C(F)(F)F)ccc12. The molecular weight excluding hydrogens is 409 g/mol. The first-order valence-corrected chi connectivity index (χ1v) is 9.22. The highest BCUT2D eigenvalue weighted by molar-refractivity contribution is 6.32. The third kappa shape index (κ3) is 3.56. The van der Waals surface area contributed by atoms with Crippen molar-refractivity contribution < 1.29 is 17.9 Å². The third-order valence-electron chi connectivity index (χ3n) is 4.96. The summed E-state index contributed by atoms with van der Waals surface area (Å²) in [7, 11) is 1.58. The molecule has 0 unspecified atom stereocenters. The van der Waals surface area contributed by atoms with Gasteiger partial charge in [0.1, 0.15) is 11.5 Å². The number of ether oxygens (including phenoxy) is 1. The quantitative estimate of drug-likeness (QED) is 0.684. The van der Waals surface area contributed by atoms with E-state index in [0.29, 0.717) is 0 Å². The van der Waals surface area contributed by atoms with Crippen molar-refractivity contribution in [1.29, 1.82) is 0 Å². The van der Waals surface area contributed by atoms with Crippen LogP contribution in [0.2, 0.25) is 5.02 Å². The number of pyridine rings is 1. The lowest BCUT2D eigenvalue weighted by molar-refractivity contribution is -0.141. The van der Waals surface area contributed by atoms with E-state index in [1.165, 1.54) is 18.2 Å². The zero-order valence-electron chi connectivity index (χ0n) is 15.2. The molecule has 152 valence electrons. The van der Waals surface area contributed by atoms with Crippen LogP contribution in [0.15, 0.2) is 41.2 Å². The summed E-state index contributed by atoms with van der Waals surface area (Å²) >= 11 is 6.18. The average molecular weight is 425 g/mol. The van der Waals surface area contributed by atoms with Gasteiger partial charge in [-0.3, -0.25) is 0 Å². The molecule has 2 heterocycles. The van der Waals surface area contributed by atoms with Gasteiger partial charge in [-0.25, -0.2) is 14.3 Å². The Morgan fingerprint density at radius 2 is 1.93 bits per heavy atom. The van der Waals surface area contributed by atoms with Crippen LogP contribution in [0, 0.1) is 0 Å². The first kappa shape index (κ1) is 19.7. The Kier molecular flexibility index (Phi) is 4.95. The highest BCUT2D eigenvalue weighted by Crippen LogP contribution is 2.33. The Balaban J connectivity index is 1.95. The minimum Gasteiger partial charge on any atom is -0.379 e. The van der Waals surface area contributed by atoms with E-state index in [2.05, 4.69) is 15.3 Å². The largest absolute Gasteiger partial charge is 0.433 e. The molecule has 1 saturated carbocycles. The van der Waals surface area contributed by atoms with E-state index < -0.39 is 17.6 Å². The fourth-order valence-electron chi connectivity index (χ4n) is 3.31. The Morgan fingerprint density at radius 1 is 1.17 bits per heavy atom. The number of nitrogens with zero attached hydrogens (tertiary/aromatic N) is 3. The van der Waals surface area contributed by atoms with E-state index in [1.807, 2.05) is 0 Å². The standard InChI is InChI=1S/C19H16ClF3N4O2/c1-29-14-8-7-12(14)24-16-10-6-9-15(19(21,22)23)25-17(10)27(18(28)26-16)13-5-3-2-4-11(13)20/h2-6,9,12,14H,7-8H2,1H3,(H,24,26,28)/t12-,14-/m1/s1. The maximum absolute atomic E-state index is 13.3. The summed E-state index contributed by atoms with van der Waals surface area (Å²) in [6, 6.07) is 8.36. The number of para-hydroxylation sites is 1. The van der Waals surface area contributed by atoms with Gasteiger partial charge in [0.2, 0.25) is 0 Å². The molecule has 0 amide bonds. The molecule has 1 aliphatic carbocycles. The van der Waals surface area contributed by atoms with Crippen molar-refractivity contribution in [2.75, 3.05) is 12.4 Å². The van der Waals surface area contributed by atoms with E-state index in [-0.39, 0.29) is 39.7 Å². The molecule has 4 rings (SSSR count). The predicted octanol–water partition coefficient (Wildman–Crippen LogP) is 4.04. The first-order valence-electron chi connectivity index (χ1n) is 8.85. The summed E-state index contributed by atoms with van der Waals surface area (Å²) in [6.45, 7) is 0. The highest BCUT2D eigenvalue weighted by Gasteiger charge is 2.34. The van der Waals surface area contributed by atoms with Crippen LogP contribution in [0.1, 0.15) is 18.5 Å². The predicted molar refractivity (Wildman–Crippen MR) is 103 cm³/mol. The van der Waals surface area contributed by atoms with Crippen molar-refractivity contribution in [2.24, 2.45) is 0 Å². The van der Waals surface area contributed by atoms with Gasteiger partial charge in [-0.05, 0) is 37.1 Å². The molecule has 10 heteroatoms. The second-order valence-electron chi connectivity index (χ2n) is 6.70. The summed E-state index contributed by atoms with van der Waals surface area (Å²) in [6.07, 6.45) is -3.08. The van der Waals surface area contributed by atoms with Crippen LogP contribution < -0.4 is 11.0 Å². The molecule has 0 radical (unpaired) electrons. The van der Waals surface area contributed by atoms with Crippen LogP contribution in [0.4, 0.5) is 19.0 Å². The second-order valence-corrected chi connectivity index (χ2v) is 7.10. The molecule has 0 spiro atoms. The summed E-state index contributed by atoms with van der Waals surface area (Å²) in [5.41, 5.74) is -1.87. The molecule has 1 N–H and O–H groups in total. The molecular formula is C19H16ClF3N4O2. The van der Waals surface area contributed by atoms with Crippen molar-refractivity contribution >= 4 is 28.5 Å². The van der Waals surface area contributed by atoms with Gasteiger partial charge in [-0.2, -0.15) is 18.2 Å². The summed E-state index contributed by atoms with van der Waals surface area (Å²) in [5.74, 6) is 0.168. The summed E-state index contributed by atoms with van der Waals surface area (Å²) in [5, 5.41) is 3.58. The Labute approximate surface area is 168 Å². The lowest BCUT2D eigenvalue weighted by Crippen LogP contribution is -2.44. The number of rotatable bonds is 4. The molecule has 3 aromatic rings. The number of halogens is 4. The van der Waals surface area contributed by atoms with Gasteiger partial charge in [0.05, 0.1) is 28.2 Å². The minimum absolute atomic E-state index is 0.0553. The molecule has 6 nitrogen and oxygen atoms in total. The van der Waals surface area contributed by atoms with Gasteiger partial charge >= 0.3 is 11.9 Å². The number of aromatic nitrogens is 3. The van der Waals surface area contributed by atoms with Gasteiger partial charge < -0.3 is 10.1 Å². The van der Waals surface area contributed by atoms with Gasteiger partial charge in [-0.15, -0.1) is 0 Å². The van der Waals surface area contributed by atoms with Crippen molar-refractivity contribution in [3.63, 3.8) is 0 Å². The van der Waals surface area contributed by atoms with Crippen LogP contribution in [0.5, 0.6) is 0 Å². The van der Waals surface area contributed by atoms with Gasteiger partial charge in [0.15, 0.2) is 5.65 Å². The van der Waals surface area contributed by atoms with Gasteiger partial charge in [0, 0.05) is 7.11 Å². The van der Waals surface area contributed by atoms with E-state index in [9.17, 15) is 18.0 Å². The molecule has 0 bridgehead atoms. The fourth-order valence-corrected chi connectivity index (χ4v) is 3.53. The normalized spacial score (nSPS) is 19.2. The summed E-state index contributed by atoms with van der Waals surface area (Å²) < 4.78 is 46.2. The Bertz CT molecular complexity index is 1130. The van der Waals surface area contributed by atoms with Crippen molar-refractivity contribution in [2.45, 2.75) is 31.2 Å². The van der Waals surface area contributed by atoms with Crippen LogP contribution in [-0.2, 0) is 10.9 Å². The van der Waals surface area contributed by atoms with E-state index in [4.69, 9.17) is 16.3 Å². The number of methoxy groups -OCH3 is 1. The Morgan fingerprint density at radius 3 is 2.55 bits per heavy atom. The summed E-state index contributed by atoms with van der Waals surface area (Å²) in [4.78, 5) is 20.6. The van der Waals surface area contributed by atoms with Crippen molar-refractivity contribution in [3.05, 3.63) is 57.6 Å². The van der Waals surface area contributed by atoms with Crippen LogP contribution in [0.3, 0.4) is 0 Å². The smallest absolute Gasteiger partial charge is 0.379 e. The minimum atomic E-state index is -4.67. The van der Waals surface area contributed by atoms with E-state index in [0.717, 1.165) is 23.5 Å². The van der Waals surface area contributed by atoms with Crippen molar-refractivity contribution in [1.82, 2.24) is 14.5 Å². The van der Waals surface area contributed by atoms with E-state index >= 15 is 0 Å². The average Bonchev–Trinajstić information content (AvgIpc) is 2.65. The van der Waals surface area contributed by atoms with Gasteiger partial charge in [0.25, 0.3) is 0 Å². The molecule has 29 heavy (non-hydrogen) atoms. The molecule has 2 atom stereocenters. The fraction of sp³-hybridized carbons (Fsp3) is 0.316. The number of fused-ring (bicyclic) bond motifs is 1. The first-order chi connectivity index (χ1) is 13.8. The van der Waals surface area contributed by atoms with Crippen molar-refractivity contribution in [3.8, 4) is 5.69 Å². The maximum Gasteiger partial charge on any atom is 0.433 e. The number of hydrogen-bond acceptors (Lipinski definition) is 5. The number of hydrogen-bond donors (Lipinski definition) is 1. The number of anilines is 1. The molecule has 2 aromatic heterocycles. The number of alkyl halides is 3. The van der Waals surface area contributed by atoms with Gasteiger partial charge in [-0.1, -0.05) is 23.7 Å². The third-order valence-corrected chi connectivity index (χ3v) is 5.28. The van der Waals surface area contributed by atoms with Crippen LogP contribution >= 0.6 is 11.6 Å². The number of benzene rings is 1. The highest BCUT2D eigenvalue weighted by atomic mass is 35.5. The molecule has 1 fully saturated rings. The van der Waals surface area contributed by atoms with E-state index in [1.54, 1.807) is 19.2 Å². The Hall–Kier alpha value is -2.65. The zero-order valence-corrected chi connectivity index (χ0v) is 16.0. The zero-order chi connectivity index (χ0) is 20.8.